The number of hydrogen-bond donors (Lipinski definition) is 1. The van der Waals surface area contributed by atoms with Crippen LogP contribution in [0.15, 0.2) is 0 Å². The van der Waals surface area contributed by atoms with Gasteiger partial charge < -0.3 is 5.11 Å². The summed E-state index contributed by atoms with van der Waals surface area (Å²) in [5.41, 5.74) is 0.453. The summed E-state index contributed by atoms with van der Waals surface area (Å²) in [4.78, 5) is 13.3. The summed E-state index contributed by atoms with van der Waals surface area (Å²) in [5, 5.41) is 8.79. The predicted octanol–water partition coefficient (Wildman–Crippen LogP) is 3.14. The molecule has 1 N–H and O–H groups in total. The van der Waals surface area contributed by atoms with Crippen molar-refractivity contribution in [1.82, 2.24) is 4.90 Å². The Bertz CT molecular complexity index is 301. The van der Waals surface area contributed by atoms with E-state index in [0.29, 0.717) is 17.8 Å². The standard InChI is InChI=1S/C15H27NO2/c1-15(2)9-3-6-13(15)16-10-4-5-12(11-16)7-8-14(17)18/h12-13H,3-11H2,1-2H3,(H,17,18). The quantitative estimate of drug-likeness (QED) is 0.836. The molecule has 0 amide bonds. The molecule has 0 radical (unpaired) electrons. The van der Waals surface area contributed by atoms with Crippen molar-refractivity contribution in [1.29, 1.82) is 0 Å². The third kappa shape index (κ3) is 3.25. The van der Waals surface area contributed by atoms with Crippen molar-refractivity contribution in [2.75, 3.05) is 13.1 Å². The molecule has 1 aliphatic carbocycles. The molecule has 1 saturated heterocycles. The topological polar surface area (TPSA) is 40.5 Å². The minimum atomic E-state index is -0.645. The van der Waals surface area contributed by atoms with Gasteiger partial charge in [-0.1, -0.05) is 20.3 Å². The van der Waals surface area contributed by atoms with E-state index in [9.17, 15) is 4.79 Å². The molecule has 2 unspecified atom stereocenters. The number of carboxylic acid groups (broad SMARTS) is 1. The van der Waals surface area contributed by atoms with Gasteiger partial charge in [0.15, 0.2) is 0 Å². The molecule has 0 bridgehead atoms. The van der Waals surface area contributed by atoms with Gasteiger partial charge in [-0.25, -0.2) is 0 Å². The van der Waals surface area contributed by atoms with Gasteiger partial charge in [0.05, 0.1) is 0 Å². The maximum absolute atomic E-state index is 10.7. The van der Waals surface area contributed by atoms with Crippen LogP contribution in [0.1, 0.15) is 58.8 Å². The molecule has 2 fully saturated rings. The molecular weight excluding hydrogens is 226 g/mol. The lowest BCUT2D eigenvalue weighted by molar-refractivity contribution is -0.137. The summed E-state index contributed by atoms with van der Waals surface area (Å²) in [6.45, 7) is 7.14. The lowest BCUT2D eigenvalue weighted by atomic mass is 9.84. The van der Waals surface area contributed by atoms with Crippen molar-refractivity contribution in [2.45, 2.75) is 64.8 Å². The summed E-state index contributed by atoms with van der Waals surface area (Å²) in [5.74, 6) is -0.0421. The molecule has 104 valence electrons. The van der Waals surface area contributed by atoms with E-state index in [-0.39, 0.29) is 0 Å². The number of likely N-dealkylation sites (tertiary alicyclic amines) is 1. The van der Waals surface area contributed by atoms with Crippen LogP contribution in [0.5, 0.6) is 0 Å². The first-order valence-electron chi connectivity index (χ1n) is 7.45. The summed E-state index contributed by atoms with van der Waals surface area (Å²) < 4.78 is 0. The van der Waals surface area contributed by atoms with Crippen LogP contribution in [0.4, 0.5) is 0 Å². The third-order valence-corrected chi connectivity index (χ3v) is 4.96. The molecule has 18 heavy (non-hydrogen) atoms. The van der Waals surface area contributed by atoms with Gasteiger partial charge in [-0.05, 0) is 50.0 Å². The Morgan fingerprint density at radius 2 is 2.11 bits per heavy atom. The van der Waals surface area contributed by atoms with Crippen LogP contribution in [0.2, 0.25) is 0 Å². The molecule has 0 aromatic carbocycles. The van der Waals surface area contributed by atoms with Gasteiger partial charge in [0.25, 0.3) is 0 Å². The highest BCUT2D eigenvalue weighted by Gasteiger charge is 2.39. The average molecular weight is 253 g/mol. The van der Waals surface area contributed by atoms with Crippen molar-refractivity contribution in [3.63, 3.8) is 0 Å². The minimum absolute atomic E-state index is 0.340. The van der Waals surface area contributed by atoms with Crippen LogP contribution in [-0.4, -0.2) is 35.1 Å². The van der Waals surface area contributed by atoms with Crippen LogP contribution < -0.4 is 0 Å². The van der Waals surface area contributed by atoms with Crippen LogP contribution in [0.25, 0.3) is 0 Å². The van der Waals surface area contributed by atoms with Gasteiger partial charge in [-0.2, -0.15) is 0 Å². The number of nitrogens with zero attached hydrogens (tertiary/aromatic N) is 1. The second-order valence-electron chi connectivity index (χ2n) is 6.83. The second kappa shape index (κ2) is 5.60. The van der Waals surface area contributed by atoms with E-state index in [0.717, 1.165) is 19.0 Å². The van der Waals surface area contributed by atoms with Crippen LogP contribution >= 0.6 is 0 Å². The van der Waals surface area contributed by atoms with E-state index < -0.39 is 5.97 Å². The van der Waals surface area contributed by atoms with Crippen LogP contribution in [0, 0.1) is 11.3 Å². The van der Waals surface area contributed by atoms with Gasteiger partial charge in [0.2, 0.25) is 0 Å². The molecule has 3 heteroatoms. The van der Waals surface area contributed by atoms with Gasteiger partial charge >= 0.3 is 5.97 Å². The van der Waals surface area contributed by atoms with Crippen molar-refractivity contribution < 1.29 is 9.90 Å². The molecule has 0 spiro atoms. The molecule has 0 aromatic heterocycles. The van der Waals surface area contributed by atoms with E-state index in [4.69, 9.17) is 5.11 Å². The molecule has 1 saturated carbocycles. The largest absolute Gasteiger partial charge is 0.481 e. The fraction of sp³-hybridized carbons (Fsp3) is 0.933. The van der Waals surface area contributed by atoms with E-state index in [1.165, 1.54) is 38.6 Å². The number of aliphatic carboxylic acids is 1. The normalized spacial score (nSPS) is 32.6. The first kappa shape index (κ1) is 13.9. The molecule has 3 nitrogen and oxygen atoms in total. The number of carboxylic acids is 1. The molecular formula is C15H27NO2. The summed E-state index contributed by atoms with van der Waals surface area (Å²) in [6.07, 6.45) is 7.69. The summed E-state index contributed by atoms with van der Waals surface area (Å²) in [7, 11) is 0. The first-order valence-corrected chi connectivity index (χ1v) is 7.45. The Kier molecular flexibility index (Phi) is 4.31. The Morgan fingerprint density at radius 1 is 1.33 bits per heavy atom. The maximum Gasteiger partial charge on any atom is 0.303 e. The van der Waals surface area contributed by atoms with Crippen molar-refractivity contribution in [3.05, 3.63) is 0 Å². The van der Waals surface area contributed by atoms with E-state index in [2.05, 4.69) is 18.7 Å². The minimum Gasteiger partial charge on any atom is -0.481 e. The maximum atomic E-state index is 10.7. The lowest BCUT2D eigenvalue weighted by Crippen LogP contribution is -2.47. The molecule has 0 aromatic rings. The third-order valence-electron chi connectivity index (χ3n) is 4.96. The van der Waals surface area contributed by atoms with Gasteiger partial charge in [0.1, 0.15) is 0 Å². The Morgan fingerprint density at radius 3 is 2.72 bits per heavy atom. The Labute approximate surface area is 111 Å². The van der Waals surface area contributed by atoms with Crippen LogP contribution in [0.3, 0.4) is 0 Å². The zero-order valence-corrected chi connectivity index (χ0v) is 11.8. The number of carbonyl (C=O) groups is 1. The van der Waals surface area contributed by atoms with Gasteiger partial charge in [0, 0.05) is 19.0 Å². The molecule has 2 atom stereocenters. The van der Waals surface area contributed by atoms with Crippen LogP contribution in [-0.2, 0) is 4.79 Å². The summed E-state index contributed by atoms with van der Waals surface area (Å²) >= 11 is 0. The SMILES string of the molecule is CC1(C)CCCC1N1CCCC(CCC(=O)O)C1. The lowest BCUT2D eigenvalue weighted by Gasteiger charge is -2.42. The summed E-state index contributed by atoms with van der Waals surface area (Å²) in [6, 6.07) is 0.727. The fourth-order valence-corrected chi connectivity index (χ4v) is 3.93. The van der Waals surface area contributed by atoms with E-state index in [1.54, 1.807) is 0 Å². The monoisotopic (exact) mass is 253 g/mol. The Balaban J connectivity index is 1.88. The second-order valence-corrected chi connectivity index (χ2v) is 6.83. The van der Waals surface area contributed by atoms with Crippen molar-refractivity contribution >= 4 is 5.97 Å². The highest BCUT2D eigenvalue weighted by molar-refractivity contribution is 5.66. The molecule has 1 aliphatic heterocycles. The average Bonchev–Trinajstić information content (AvgIpc) is 2.67. The van der Waals surface area contributed by atoms with E-state index in [1.807, 2.05) is 0 Å². The van der Waals surface area contributed by atoms with Gasteiger partial charge in [-0.15, -0.1) is 0 Å². The predicted molar refractivity (Wildman–Crippen MR) is 72.6 cm³/mol. The van der Waals surface area contributed by atoms with E-state index >= 15 is 0 Å². The van der Waals surface area contributed by atoms with Crippen molar-refractivity contribution in [3.8, 4) is 0 Å². The Hall–Kier alpha value is -0.570. The highest BCUT2D eigenvalue weighted by Crippen LogP contribution is 2.42. The highest BCUT2D eigenvalue weighted by atomic mass is 16.4. The van der Waals surface area contributed by atoms with Crippen molar-refractivity contribution in [2.24, 2.45) is 11.3 Å². The van der Waals surface area contributed by atoms with Gasteiger partial charge in [-0.3, -0.25) is 9.69 Å². The molecule has 2 rings (SSSR count). The molecule has 1 heterocycles. The first-order chi connectivity index (χ1) is 8.49. The number of hydrogen-bond acceptors (Lipinski definition) is 2. The zero-order chi connectivity index (χ0) is 13.2. The number of rotatable bonds is 4. The number of piperidine rings is 1. The smallest absolute Gasteiger partial charge is 0.303 e. The zero-order valence-electron chi connectivity index (χ0n) is 11.8. The fourth-order valence-electron chi connectivity index (χ4n) is 3.93. The molecule has 2 aliphatic rings.